The van der Waals surface area contributed by atoms with E-state index in [0.717, 1.165) is 43.4 Å². The molecule has 1 aromatic rings. The highest BCUT2D eigenvalue weighted by Crippen LogP contribution is 2.28. The van der Waals surface area contributed by atoms with Crippen molar-refractivity contribution in [3.63, 3.8) is 0 Å². The Hall–Kier alpha value is -1.37. The van der Waals surface area contributed by atoms with Gasteiger partial charge in [-0.1, -0.05) is 6.42 Å². The van der Waals surface area contributed by atoms with E-state index in [1.54, 1.807) is 0 Å². The van der Waals surface area contributed by atoms with Gasteiger partial charge in [0.05, 0.1) is 0 Å². The molecule has 2 saturated heterocycles. The molecule has 5 nitrogen and oxygen atoms in total. The van der Waals surface area contributed by atoms with Gasteiger partial charge in [0.2, 0.25) is 0 Å². The topological polar surface area (TPSA) is 39.8 Å². The Bertz CT molecular complexity index is 655. The molecule has 2 N–H and O–H groups in total. The van der Waals surface area contributed by atoms with Crippen LogP contribution in [0.2, 0.25) is 0 Å². The zero-order valence-corrected chi connectivity index (χ0v) is 18.6. The molecule has 0 spiro atoms. The van der Waals surface area contributed by atoms with Crippen LogP contribution >= 0.6 is 12.2 Å². The van der Waals surface area contributed by atoms with E-state index in [1.165, 1.54) is 51.7 Å². The molecule has 1 aliphatic carbocycles. The summed E-state index contributed by atoms with van der Waals surface area (Å²) in [6, 6.07) is 9.77. The summed E-state index contributed by atoms with van der Waals surface area (Å²) in [5.41, 5.74) is 1.00. The molecule has 2 aliphatic heterocycles. The van der Waals surface area contributed by atoms with Gasteiger partial charge in [-0.2, -0.15) is 0 Å². The zero-order chi connectivity index (χ0) is 20.1. The molecule has 1 atom stereocenters. The molecule has 0 radical (unpaired) electrons. The number of piperidine rings is 1. The van der Waals surface area contributed by atoms with Crippen molar-refractivity contribution >= 4 is 23.0 Å². The number of anilines is 1. The summed E-state index contributed by atoms with van der Waals surface area (Å²) in [7, 11) is 0. The second kappa shape index (κ2) is 10.1. The largest absolute Gasteiger partial charge is 0.490 e. The Morgan fingerprint density at radius 1 is 1.03 bits per heavy atom. The van der Waals surface area contributed by atoms with E-state index in [4.69, 9.17) is 17.0 Å². The Morgan fingerprint density at radius 2 is 1.79 bits per heavy atom. The minimum absolute atomic E-state index is 0.348. The molecule has 3 aliphatic rings. The van der Waals surface area contributed by atoms with Gasteiger partial charge < -0.3 is 20.3 Å². The van der Waals surface area contributed by atoms with Crippen molar-refractivity contribution in [2.75, 3.05) is 38.0 Å². The summed E-state index contributed by atoms with van der Waals surface area (Å²) in [5, 5.41) is 7.29. The molecule has 6 heteroatoms. The third-order valence-electron chi connectivity index (χ3n) is 6.86. The molecule has 160 valence electrons. The Labute approximate surface area is 181 Å². The summed E-state index contributed by atoms with van der Waals surface area (Å²) in [4.78, 5) is 5.19. The van der Waals surface area contributed by atoms with Gasteiger partial charge in [0.15, 0.2) is 5.11 Å². The van der Waals surface area contributed by atoms with Crippen molar-refractivity contribution in [2.45, 2.75) is 70.1 Å². The van der Waals surface area contributed by atoms with Crippen LogP contribution in [0.5, 0.6) is 5.75 Å². The minimum Gasteiger partial charge on any atom is -0.490 e. The highest BCUT2D eigenvalue weighted by Gasteiger charge is 2.29. The number of ether oxygens (including phenoxy) is 1. The van der Waals surface area contributed by atoms with Crippen molar-refractivity contribution in [2.24, 2.45) is 0 Å². The smallest absolute Gasteiger partial charge is 0.170 e. The van der Waals surface area contributed by atoms with Crippen molar-refractivity contribution in [1.29, 1.82) is 0 Å². The van der Waals surface area contributed by atoms with E-state index in [1.807, 2.05) is 0 Å². The molecule has 1 aromatic carbocycles. The summed E-state index contributed by atoms with van der Waals surface area (Å²) in [6.45, 7) is 7.83. The average molecular weight is 417 g/mol. The first-order valence-electron chi connectivity index (χ1n) is 11.5. The van der Waals surface area contributed by atoms with Crippen LogP contribution in [-0.4, -0.2) is 65.8 Å². The summed E-state index contributed by atoms with van der Waals surface area (Å²) < 4.78 is 6.22. The van der Waals surface area contributed by atoms with Crippen molar-refractivity contribution < 1.29 is 4.74 Å². The molecule has 0 bridgehead atoms. The van der Waals surface area contributed by atoms with E-state index in [-0.39, 0.29) is 0 Å². The van der Waals surface area contributed by atoms with Gasteiger partial charge in [0.25, 0.3) is 0 Å². The normalized spacial score (nSPS) is 24.2. The van der Waals surface area contributed by atoms with Crippen molar-refractivity contribution in [3.05, 3.63) is 24.3 Å². The molecule has 1 saturated carbocycles. The lowest BCUT2D eigenvalue weighted by molar-refractivity contribution is 0.0493. The lowest BCUT2D eigenvalue weighted by atomic mass is 9.90. The third kappa shape index (κ3) is 5.83. The first-order valence-corrected chi connectivity index (χ1v) is 11.9. The predicted octanol–water partition coefficient (Wildman–Crippen LogP) is 3.85. The first-order chi connectivity index (χ1) is 14.2. The van der Waals surface area contributed by atoms with Crippen LogP contribution in [0.1, 0.15) is 51.9 Å². The highest BCUT2D eigenvalue weighted by molar-refractivity contribution is 7.80. The van der Waals surface area contributed by atoms with Gasteiger partial charge >= 0.3 is 0 Å². The Kier molecular flexibility index (Phi) is 7.27. The molecule has 0 unspecified atom stereocenters. The van der Waals surface area contributed by atoms with Gasteiger partial charge in [-0.05, 0) is 88.5 Å². The number of thiocarbonyl (C=S) groups is 1. The van der Waals surface area contributed by atoms with Crippen LogP contribution in [0.4, 0.5) is 5.69 Å². The molecule has 0 amide bonds. The number of hydrogen-bond acceptors (Lipinski definition) is 4. The Morgan fingerprint density at radius 3 is 2.41 bits per heavy atom. The highest BCUT2D eigenvalue weighted by atomic mass is 32.1. The van der Waals surface area contributed by atoms with E-state index in [0.29, 0.717) is 17.3 Å². The van der Waals surface area contributed by atoms with Gasteiger partial charge in [-0.15, -0.1) is 0 Å². The van der Waals surface area contributed by atoms with Gasteiger partial charge in [-0.25, -0.2) is 0 Å². The van der Waals surface area contributed by atoms with Crippen LogP contribution < -0.4 is 15.4 Å². The third-order valence-corrected chi connectivity index (χ3v) is 7.10. The quantitative estimate of drug-likeness (QED) is 0.658. The number of nitrogens with one attached hydrogen (secondary N) is 2. The number of rotatable bonds is 7. The maximum Gasteiger partial charge on any atom is 0.170 e. The maximum absolute atomic E-state index is 6.22. The van der Waals surface area contributed by atoms with Crippen LogP contribution in [0.25, 0.3) is 0 Å². The predicted molar refractivity (Wildman–Crippen MR) is 124 cm³/mol. The summed E-state index contributed by atoms with van der Waals surface area (Å²) in [5.74, 6) is 0.958. The van der Waals surface area contributed by atoms with Gasteiger partial charge in [0.1, 0.15) is 11.9 Å². The SMILES string of the molecule is C[C@@H]1CCCN1CCNC(=S)Nc1ccc(OC2CCN(C3CCC3)CC2)cc1. The minimum atomic E-state index is 0.348. The van der Waals surface area contributed by atoms with E-state index in [9.17, 15) is 0 Å². The van der Waals surface area contributed by atoms with Crippen LogP contribution in [-0.2, 0) is 0 Å². The summed E-state index contributed by atoms with van der Waals surface area (Å²) >= 11 is 5.44. The van der Waals surface area contributed by atoms with E-state index >= 15 is 0 Å². The average Bonchev–Trinajstić information content (AvgIpc) is 3.08. The van der Waals surface area contributed by atoms with Crippen LogP contribution in [0.3, 0.4) is 0 Å². The molecule has 29 heavy (non-hydrogen) atoms. The van der Waals surface area contributed by atoms with Gasteiger partial charge in [0, 0.05) is 44.0 Å². The summed E-state index contributed by atoms with van der Waals surface area (Å²) in [6.07, 6.45) is 9.47. The number of hydrogen-bond donors (Lipinski definition) is 2. The maximum atomic E-state index is 6.22. The fourth-order valence-electron chi connectivity index (χ4n) is 4.73. The molecule has 0 aromatic heterocycles. The standard InChI is InChI=1S/C23H36N4OS/c1-18-4-3-14-26(18)17-13-24-23(29)25-19-7-9-21(10-8-19)28-22-11-15-27(16-12-22)20-5-2-6-20/h7-10,18,20,22H,2-6,11-17H2,1H3,(H2,24,25,29)/t18-/m1/s1. The second-order valence-corrected chi connectivity index (χ2v) is 9.28. The fourth-order valence-corrected chi connectivity index (χ4v) is 4.95. The molecule has 3 fully saturated rings. The number of nitrogens with zero attached hydrogens (tertiary/aromatic N) is 2. The molecular formula is C23H36N4OS. The van der Waals surface area contributed by atoms with E-state index in [2.05, 4.69) is 51.6 Å². The Balaban J connectivity index is 1.15. The van der Waals surface area contributed by atoms with Crippen LogP contribution in [0.15, 0.2) is 24.3 Å². The fraction of sp³-hybridized carbons (Fsp3) is 0.696. The van der Waals surface area contributed by atoms with Gasteiger partial charge in [-0.3, -0.25) is 4.90 Å². The van der Waals surface area contributed by atoms with Crippen molar-refractivity contribution in [1.82, 2.24) is 15.1 Å². The first kappa shape index (κ1) is 20.9. The lowest BCUT2D eigenvalue weighted by Crippen LogP contribution is -2.46. The molecular weight excluding hydrogens is 380 g/mol. The van der Waals surface area contributed by atoms with Crippen LogP contribution in [0, 0.1) is 0 Å². The number of likely N-dealkylation sites (tertiary alicyclic amines) is 2. The zero-order valence-electron chi connectivity index (χ0n) is 17.7. The second-order valence-electron chi connectivity index (χ2n) is 8.87. The van der Waals surface area contributed by atoms with E-state index < -0.39 is 0 Å². The van der Waals surface area contributed by atoms with Crippen molar-refractivity contribution in [3.8, 4) is 5.75 Å². The molecule has 4 rings (SSSR count). The monoisotopic (exact) mass is 416 g/mol. The number of benzene rings is 1. The molecule has 2 heterocycles. The lowest BCUT2D eigenvalue weighted by Gasteiger charge is -2.41.